The van der Waals surface area contributed by atoms with Gasteiger partial charge in [0.05, 0.1) is 25.6 Å². The van der Waals surface area contributed by atoms with Crippen LogP contribution in [0.15, 0.2) is 0 Å². The Morgan fingerprint density at radius 2 is 1.14 bits per heavy atom. The predicted molar refractivity (Wildman–Crippen MR) is 328 cm³/mol. The molecule has 26 heteroatoms. The first-order valence-electron chi connectivity index (χ1n) is 31.5. The van der Waals surface area contributed by atoms with Crippen molar-refractivity contribution in [3.05, 3.63) is 0 Å². The van der Waals surface area contributed by atoms with Crippen molar-refractivity contribution in [2.75, 3.05) is 69.0 Å². The summed E-state index contributed by atoms with van der Waals surface area (Å²) in [5.74, 6) is -10.0. The molecule has 4 N–H and O–H groups in total. The number of nitrogens with one attached hydrogen (secondary N) is 4. The van der Waals surface area contributed by atoms with Gasteiger partial charge in [-0.15, -0.1) is 11.6 Å². The number of alkyl halides is 4. The van der Waals surface area contributed by atoms with Gasteiger partial charge in [-0.2, -0.15) is 13.2 Å². The molecule has 1 aliphatic heterocycles. The highest BCUT2D eigenvalue weighted by Gasteiger charge is 2.47. The van der Waals surface area contributed by atoms with Gasteiger partial charge < -0.3 is 55.6 Å². The summed E-state index contributed by atoms with van der Waals surface area (Å²) in [4.78, 5) is 166. The number of nitrogens with zero attached hydrogens (tertiary/aromatic N) is 7. The minimum absolute atomic E-state index is 0.00774. The number of amides is 11. The number of likely N-dealkylation sites (N-methyl/N-ethyl adjacent to an activating group) is 7. The van der Waals surface area contributed by atoms with Crippen LogP contribution in [0.1, 0.15) is 166 Å². The van der Waals surface area contributed by atoms with Crippen molar-refractivity contribution in [3.8, 4) is 0 Å². The van der Waals surface area contributed by atoms with Crippen molar-refractivity contribution in [2.24, 2.45) is 35.5 Å². The lowest BCUT2D eigenvalue weighted by Gasteiger charge is -2.39. The van der Waals surface area contributed by atoms with E-state index in [-0.39, 0.29) is 81.5 Å². The molecule has 3 aliphatic rings. The average Bonchev–Trinajstić information content (AvgIpc) is 2.45. The average molecular weight is 1270 g/mol. The molecule has 0 aromatic rings. The second-order valence-electron chi connectivity index (χ2n) is 26.8. The second kappa shape index (κ2) is 33.9. The van der Waals surface area contributed by atoms with Crippen molar-refractivity contribution in [1.29, 1.82) is 0 Å². The van der Waals surface area contributed by atoms with Crippen LogP contribution < -0.4 is 21.3 Å². The lowest BCUT2D eigenvalue weighted by atomic mass is 9.78. The zero-order chi connectivity index (χ0) is 67.0. The number of carbonyl (C=O) groups is 11. The van der Waals surface area contributed by atoms with E-state index in [1.807, 2.05) is 34.6 Å². The normalized spacial score (nSPS) is 28.9. The molecule has 0 bridgehead atoms. The smallest absolute Gasteiger partial charge is 0.343 e. The zero-order valence-electron chi connectivity index (χ0n) is 55.4. The van der Waals surface area contributed by atoms with Crippen LogP contribution in [0.4, 0.5) is 13.2 Å². The van der Waals surface area contributed by atoms with Gasteiger partial charge in [0.1, 0.15) is 41.8 Å². The zero-order valence-corrected chi connectivity index (χ0v) is 56.2. The molecule has 11 amide bonds. The molecule has 22 nitrogen and oxygen atoms in total. The summed E-state index contributed by atoms with van der Waals surface area (Å²) in [6.45, 7) is 15.4. The fourth-order valence-electron chi connectivity index (χ4n) is 11.7. The monoisotopic (exact) mass is 1270 g/mol. The van der Waals surface area contributed by atoms with E-state index in [2.05, 4.69) is 21.3 Å². The van der Waals surface area contributed by atoms with Gasteiger partial charge in [0.2, 0.25) is 65.0 Å². The van der Waals surface area contributed by atoms with Crippen molar-refractivity contribution in [3.63, 3.8) is 0 Å². The topological polar surface area (TPSA) is 259 Å². The van der Waals surface area contributed by atoms with Gasteiger partial charge >= 0.3 is 6.18 Å². The number of carbonyl (C=O) groups excluding carboxylic acids is 11. The summed E-state index contributed by atoms with van der Waals surface area (Å²) in [5.41, 5.74) is -1.67. The molecule has 1 heterocycles. The van der Waals surface area contributed by atoms with Crippen LogP contribution in [0.5, 0.6) is 0 Å². The molecule has 88 heavy (non-hydrogen) atoms. The highest BCUT2D eigenvalue weighted by atomic mass is 35.5. The van der Waals surface area contributed by atoms with E-state index >= 15 is 0 Å². The first-order valence-corrected chi connectivity index (χ1v) is 31.9. The van der Waals surface area contributed by atoms with Crippen LogP contribution in [0.2, 0.25) is 0 Å². The summed E-state index contributed by atoms with van der Waals surface area (Å²) in [6, 6.07) is -7.92. The van der Waals surface area contributed by atoms with Gasteiger partial charge in [-0.3, -0.25) is 52.7 Å². The first kappa shape index (κ1) is 76.5. The molecule has 3 unspecified atom stereocenters. The van der Waals surface area contributed by atoms with Gasteiger partial charge in [0.25, 0.3) is 0 Å². The molecule has 0 spiro atoms. The van der Waals surface area contributed by atoms with Crippen LogP contribution in [0.25, 0.3) is 0 Å². The molecular formula is C62H105ClF3N11O11. The molecular weight excluding hydrogens is 1170 g/mol. The Bertz CT molecular complexity index is 2450. The van der Waals surface area contributed by atoms with E-state index in [1.165, 1.54) is 84.8 Å². The number of halogens is 4. The lowest BCUT2D eigenvalue weighted by Crippen LogP contribution is -2.63. The van der Waals surface area contributed by atoms with Crippen LogP contribution in [0.3, 0.4) is 0 Å². The SMILES string of the molecule is CC[C@H](C)[C@@H]1NC(=O)[C@H](C)N(C)C(=O)C[C@@H](C)N(C)C(=O)[C@H](CC(C)C)NC(=O)C(C)(C)N(C)C(=O)[C@H](CC(C)C)NC(=O)[C@H](CCC2CCC(C(F)(F)F)C(Cl)C2)NC(=O)CN(C)C(=O)[C@H](CC2CCCCC2)N(C)C(=O)CN(C)C(=O)CN(C)C1=O. The van der Waals surface area contributed by atoms with Crippen molar-refractivity contribution >= 4 is 76.6 Å². The van der Waals surface area contributed by atoms with E-state index in [0.717, 1.165) is 51.7 Å². The van der Waals surface area contributed by atoms with Crippen molar-refractivity contribution in [2.45, 2.75) is 225 Å². The van der Waals surface area contributed by atoms with E-state index in [4.69, 9.17) is 11.6 Å². The number of hydrogen-bond acceptors (Lipinski definition) is 11. The van der Waals surface area contributed by atoms with Gasteiger partial charge in [-0.25, -0.2) is 0 Å². The first-order chi connectivity index (χ1) is 40.7. The highest BCUT2D eigenvalue weighted by molar-refractivity contribution is 6.20. The third-order valence-electron chi connectivity index (χ3n) is 18.5. The molecule has 2 aliphatic carbocycles. The minimum atomic E-state index is -4.50. The van der Waals surface area contributed by atoms with Crippen LogP contribution in [0, 0.1) is 35.5 Å². The third kappa shape index (κ3) is 21.7. The summed E-state index contributed by atoms with van der Waals surface area (Å²) >= 11 is 6.33. The van der Waals surface area contributed by atoms with Crippen LogP contribution in [-0.2, 0) is 52.7 Å². The maximum absolute atomic E-state index is 14.8. The molecule has 3 rings (SSSR count). The van der Waals surface area contributed by atoms with Gasteiger partial charge in [-0.1, -0.05) is 80.1 Å². The van der Waals surface area contributed by atoms with Crippen LogP contribution in [-0.4, -0.2) is 228 Å². The summed E-state index contributed by atoms with van der Waals surface area (Å²) in [7, 11) is 9.86. The molecule has 502 valence electrons. The third-order valence-corrected chi connectivity index (χ3v) is 19.0. The molecule has 1 saturated heterocycles. The number of hydrogen-bond donors (Lipinski definition) is 4. The van der Waals surface area contributed by atoms with E-state index in [0.29, 0.717) is 6.42 Å². The van der Waals surface area contributed by atoms with E-state index in [1.54, 1.807) is 13.8 Å². The van der Waals surface area contributed by atoms with Gasteiger partial charge in [0.15, 0.2) is 0 Å². The minimum Gasteiger partial charge on any atom is -0.343 e. The molecule has 0 radical (unpaired) electrons. The summed E-state index contributed by atoms with van der Waals surface area (Å²) in [6.07, 6.45) is 0.517. The Labute approximate surface area is 525 Å². The maximum Gasteiger partial charge on any atom is 0.393 e. The lowest BCUT2D eigenvalue weighted by molar-refractivity contribution is -0.182. The standard InChI is InChI=1S/C62H105ClF3N11O11/c1-18-38(6)53-59(87)73(13)34-51(80)71(11)35-52(81)76(16)48(32-41-22-20-19-21-23-41)58(86)72(12)33-49(78)67-45(27-25-42-24-26-43(44(63)31-42)62(64,65)66)55(83)68-47(29-37(4)5)57(85)77(17)61(9,10)60(88)69-46(28-36(2)3)56(84)74(14)39(7)30-50(79)75(15)40(8)54(82)70-53/h36-48,53H,18-35H2,1-17H3,(H,67,78)(H,68,83)(H,69,88)(H,70,82)/t38-,39+,40-,42?,43?,44?,45-,46-,47-,48-,53-/m0/s1. The van der Waals surface area contributed by atoms with Crippen molar-refractivity contribution in [1.82, 2.24) is 55.6 Å². The summed E-state index contributed by atoms with van der Waals surface area (Å²) < 4.78 is 41.6. The number of rotatable bonds is 11. The molecule has 2 saturated carbocycles. The Balaban J connectivity index is 2.15. The Hall–Kier alpha value is -5.75. The Morgan fingerprint density at radius 1 is 0.580 bits per heavy atom. The van der Waals surface area contributed by atoms with Crippen molar-refractivity contribution < 1.29 is 65.9 Å². The second-order valence-corrected chi connectivity index (χ2v) is 27.4. The van der Waals surface area contributed by atoms with E-state index < -0.39 is 156 Å². The largest absolute Gasteiger partial charge is 0.393 e. The predicted octanol–water partition coefficient (Wildman–Crippen LogP) is 4.94. The fraction of sp³-hybridized carbons (Fsp3) is 0.823. The maximum atomic E-state index is 14.8. The van der Waals surface area contributed by atoms with Gasteiger partial charge in [0, 0.05) is 67.2 Å². The van der Waals surface area contributed by atoms with E-state index in [9.17, 15) is 65.9 Å². The van der Waals surface area contributed by atoms with Gasteiger partial charge in [-0.05, 0) is 109 Å². The Kier molecular flexibility index (Phi) is 29.5. The quantitative estimate of drug-likeness (QED) is 0.202. The molecule has 3 fully saturated rings. The molecule has 11 atom stereocenters. The summed E-state index contributed by atoms with van der Waals surface area (Å²) in [5, 5.41) is 9.93. The molecule has 0 aromatic heterocycles. The molecule has 0 aromatic carbocycles. The van der Waals surface area contributed by atoms with Crippen LogP contribution >= 0.6 is 11.6 Å². The fourth-order valence-corrected chi connectivity index (χ4v) is 12.2. The highest BCUT2D eigenvalue weighted by Crippen LogP contribution is 2.43. The Morgan fingerprint density at radius 3 is 1.68 bits per heavy atom.